The summed E-state index contributed by atoms with van der Waals surface area (Å²) in [5.41, 5.74) is 1.45. The molecule has 0 fully saturated rings. The van der Waals surface area contributed by atoms with Crippen molar-refractivity contribution in [1.82, 2.24) is 4.98 Å². The van der Waals surface area contributed by atoms with Crippen molar-refractivity contribution in [3.63, 3.8) is 0 Å². The van der Waals surface area contributed by atoms with E-state index in [0.717, 1.165) is 15.6 Å². The lowest BCUT2D eigenvalue weighted by atomic mass is 10.0. The summed E-state index contributed by atoms with van der Waals surface area (Å²) in [7, 11) is 0. The molecule has 3 aromatic rings. The van der Waals surface area contributed by atoms with E-state index in [2.05, 4.69) is 4.98 Å². The Kier molecular flexibility index (Phi) is 2.46. The first-order valence-electron chi connectivity index (χ1n) is 5.27. The third-order valence-corrected chi connectivity index (χ3v) is 3.63. The molecule has 0 saturated carbocycles. The third kappa shape index (κ3) is 1.74. The van der Waals surface area contributed by atoms with E-state index < -0.39 is 0 Å². The van der Waals surface area contributed by atoms with Crippen molar-refractivity contribution in [3.8, 4) is 0 Å². The molecule has 3 rings (SSSR count). The number of ketones is 1. The third-order valence-electron chi connectivity index (χ3n) is 2.67. The topological polar surface area (TPSA) is 30.0 Å². The number of carbonyl (C=O) groups excluding carboxylic acids is 1. The van der Waals surface area contributed by atoms with Gasteiger partial charge < -0.3 is 0 Å². The molecule has 0 aliphatic heterocycles. The van der Waals surface area contributed by atoms with Crippen molar-refractivity contribution >= 4 is 27.2 Å². The van der Waals surface area contributed by atoms with Gasteiger partial charge in [-0.2, -0.15) is 0 Å². The molecule has 2 nitrogen and oxygen atoms in total. The molecule has 0 amide bonds. The van der Waals surface area contributed by atoms with Gasteiger partial charge in [-0.3, -0.25) is 9.78 Å². The standard InChI is InChI=1S/C14H9NOS/c16-13(10-4-7-15-8-5-10)12-3-1-2-11-6-9-17-14(11)12/h1-9H. The van der Waals surface area contributed by atoms with Gasteiger partial charge in [0.15, 0.2) is 5.78 Å². The first kappa shape index (κ1) is 10.2. The Labute approximate surface area is 103 Å². The number of hydrogen-bond acceptors (Lipinski definition) is 3. The number of hydrogen-bond donors (Lipinski definition) is 0. The highest BCUT2D eigenvalue weighted by Crippen LogP contribution is 2.26. The van der Waals surface area contributed by atoms with Gasteiger partial charge in [-0.25, -0.2) is 0 Å². The van der Waals surface area contributed by atoms with Gasteiger partial charge in [0.1, 0.15) is 0 Å². The van der Waals surface area contributed by atoms with Crippen molar-refractivity contribution in [2.45, 2.75) is 0 Å². The second-order valence-corrected chi connectivity index (χ2v) is 4.63. The summed E-state index contributed by atoms with van der Waals surface area (Å²) in [6, 6.07) is 11.3. The normalized spacial score (nSPS) is 10.6. The van der Waals surface area contributed by atoms with Gasteiger partial charge in [-0.05, 0) is 35.0 Å². The fourth-order valence-electron chi connectivity index (χ4n) is 1.83. The number of rotatable bonds is 2. The lowest BCUT2D eigenvalue weighted by Crippen LogP contribution is -2.01. The number of nitrogens with zero attached hydrogens (tertiary/aromatic N) is 1. The van der Waals surface area contributed by atoms with Crippen LogP contribution in [0.1, 0.15) is 15.9 Å². The van der Waals surface area contributed by atoms with Crippen LogP contribution in [0.2, 0.25) is 0 Å². The van der Waals surface area contributed by atoms with Gasteiger partial charge >= 0.3 is 0 Å². The molecule has 0 aliphatic rings. The molecule has 1 aromatic carbocycles. The average Bonchev–Trinajstić information content (AvgIpc) is 2.87. The van der Waals surface area contributed by atoms with Crippen LogP contribution in [-0.4, -0.2) is 10.8 Å². The smallest absolute Gasteiger partial charge is 0.194 e. The molecule has 2 heterocycles. The van der Waals surface area contributed by atoms with Crippen molar-refractivity contribution in [3.05, 3.63) is 65.3 Å². The second-order valence-electron chi connectivity index (χ2n) is 3.71. The molecule has 0 unspecified atom stereocenters. The highest BCUT2D eigenvalue weighted by Gasteiger charge is 2.12. The zero-order valence-corrected chi connectivity index (χ0v) is 9.78. The maximum atomic E-state index is 12.3. The van der Waals surface area contributed by atoms with E-state index >= 15 is 0 Å². The van der Waals surface area contributed by atoms with Gasteiger partial charge in [0.05, 0.1) is 0 Å². The molecular formula is C14H9NOS. The van der Waals surface area contributed by atoms with Gasteiger partial charge in [0, 0.05) is 28.2 Å². The van der Waals surface area contributed by atoms with Crippen molar-refractivity contribution in [1.29, 1.82) is 0 Å². The Morgan fingerprint density at radius 2 is 1.88 bits per heavy atom. The summed E-state index contributed by atoms with van der Waals surface area (Å²) in [6.45, 7) is 0. The van der Waals surface area contributed by atoms with E-state index in [9.17, 15) is 4.79 Å². The molecule has 0 atom stereocenters. The van der Waals surface area contributed by atoms with E-state index in [1.165, 1.54) is 0 Å². The van der Waals surface area contributed by atoms with Crippen molar-refractivity contribution < 1.29 is 4.79 Å². The van der Waals surface area contributed by atoms with E-state index in [0.29, 0.717) is 5.56 Å². The molecule has 0 spiro atoms. The predicted octanol–water partition coefficient (Wildman–Crippen LogP) is 3.53. The number of aromatic nitrogens is 1. The quantitative estimate of drug-likeness (QED) is 0.640. The average molecular weight is 239 g/mol. The predicted molar refractivity (Wildman–Crippen MR) is 69.5 cm³/mol. The Balaban J connectivity index is 2.16. The summed E-state index contributed by atoms with van der Waals surface area (Å²) in [5.74, 6) is 0.0560. The second kappa shape index (κ2) is 4.11. The number of pyridine rings is 1. The maximum Gasteiger partial charge on any atom is 0.194 e. The van der Waals surface area contributed by atoms with E-state index in [1.807, 2.05) is 29.6 Å². The Bertz CT molecular complexity index is 673. The van der Waals surface area contributed by atoms with Gasteiger partial charge in [0.2, 0.25) is 0 Å². The zero-order valence-electron chi connectivity index (χ0n) is 8.96. The molecule has 0 radical (unpaired) electrons. The summed E-state index contributed by atoms with van der Waals surface area (Å²) >= 11 is 1.60. The van der Waals surface area contributed by atoms with Crippen LogP contribution in [0, 0.1) is 0 Å². The summed E-state index contributed by atoms with van der Waals surface area (Å²) in [6.07, 6.45) is 3.28. The molecule has 82 valence electrons. The summed E-state index contributed by atoms with van der Waals surface area (Å²) in [5, 5.41) is 3.13. The number of fused-ring (bicyclic) bond motifs is 1. The molecule has 2 aromatic heterocycles. The Morgan fingerprint density at radius 3 is 2.71 bits per heavy atom. The van der Waals surface area contributed by atoms with E-state index in [-0.39, 0.29) is 5.78 Å². The van der Waals surface area contributed by atoms with Crippen LogP contribution in [0.4, 0.5) is 0 Å². The van der Waals surface area contributed by atoms with Crippen LogP contribution < -0.4 is 0 Å². The minimum atomic E-state index is 0.0560. The fourth-order valence-corrected chi connectivity index (χ4v) is 2.74. The SMILES string of the molecule is O=C(c1ccncc1)c1cccc2ccsc12. The molecule has 0 bridgehead atoms. The minimum absolute atomic E-state index is 0.0560. The molecular weight excluding hydrogens is 230 g/mol. The highest BCUT2D eigenvalue weighted by molar-refractivity contribution is 7.17. The molecule has 0 saturated heterocycles. The van der Waals surface area contributed by atoms with Crippen molar-refractivity contribution in [2.75, 3.05) is 0 Å². The first-order valence-corrected chi connectivity index (χ1v) is 6.15. The largest absolute Gasteiger partial charge is 0.289 e. The van der Waals surface area contributed by atoms with E-state index in [4.69, 9.17) is 0 Å². The minimum Gasteiger partial charge on any atom is -0.289 e. The lowest BCUT2D eigenvalue weighted by Gasteiger charge is -2.02. The molecule has 17 heavy (non-hydrogen) atoms. The molecule has 0 aliphatic carbocycles. The van der Waals surface area contributed by atoms with Crippen molar-refractivity contribution in [2.24, 2.45) is 0 Å². The monoisotopic (exact) mass is 239 g/mol. The maximum absolute atomic E-state index is 12.3. The fraction of sp³-hybridized carbons (Fsp3) is 0. The Morgan fingerprint density at radius 1 is 1.06 bits per heavy atom. The van der Waals surface area contributed by atoms with Crippen LogP contribution in [0.3, 0.4) is 0 Å². The first-order chi connectivity index (χ1) is 8.36. The number of benzene rings is 1. The van der Waals surface area contributed by atoms with Crippen LogP contribution in [0.25, 0.3) is 10.1 Å². The van der Waals surface area contributed by atoms with Gasteiger partial charge in [0.25, 0.3) is 0 Å². The summed E-state index contributed by atoms with van der Waals surface area (Å²) in [4.78, 5) is 16.3. The van der Waals surface area contributed by atoms with Crippen LogP contribution >= 0.6 is 11.3 Å². The number of carbonyl (C=O) groups is 1. The van der Waals surface area contributed by atoms with Crippen LogP contribution in [-0.2, 0) is 0 Å². The molecule has 0 N–H and O–H groups in total. The zero-order chi connectivity index (χ0) is 11.7. The Hall–Kier alpha value is -2.00. The van der Waals surface area contributed by atoms with Gasteiger partial charge in [-0.1, -0.05) is 12.1 Å². The number of thiophene rings is 1. The highest BCUT2D eigenvalue weighted by atomic mass is 32.1. The van der Waals surface area contributed by atoms with E-state index in [1.54, 1.807) is 35.9 Å². The molecule has 3 heteroatoms. The van der Waals surface area contributed by atoms with Crippen LogP contribution in [0.15, 0.2) is 54.2 Å². The van der Waals surface area contributed by atoms with Crippen LogP contribution in [0.5, 0.6) is 0 Å². The lowest BCUT2D eigenvalue weighted by molar-refractivity contribution is 0.104. The van der Waals surface area contributed by atoms with Gasteiger partial charge in [-0.15, -0.1) is 11.3 Å². The summed E-state index contributed by atoms with van der Waals surface area (Å²) < 4.78 is 1.05.